The Labute approximate surface area is 305 Å². The molecular formula is C41H31Cl2N7O. The number of carbonyl (C=O) groups is 1. The van der Waals surface area contributed by atoms with Crippen LogP contribution in [0.25, 0.3) is 22.2 Å². The van der Waals surface area contributed by atoms with Crippen LogP contribution in [0.1, 0.15) is 38.8 Å². The number of pyridine rings is 2. The lowest BCUT2D eigenvalue weighted by Crippen LogP contribution is -2.47. The molecule has 1 saturated heterocycles. The molecule has 3 aliphatic rings. The Hall–Kier alpha value is -5.79. The van der Waals surface area contributed by atoms with E-state index in [1.165, 1.54) is 0 Å². The van der Waals surface area contributed by atoms with E-state index in [2.05, 4.69) is 53.9 Å². The minimum atomic E-state index is -0.269. The summed E-state index contributed by atoms with van der Waals surface area (Å²) in [5.74, 6) is 0.470. The van der Waals surface area contributed by atoms with Gasteiger partial charge < -0.3 is 25.0 Å². The van der Waals surface area contributed by atoms with Crippen LogP contribution >= 0.6 is 23.2 Å². The maximum atomic E-state index is 14.6. The van der Waals surface area contributed by atoms with E-state index in [0.717, 1.165) is 82.1 Å². The molecule has 3 aromatic heterocycles. The van der Waals surface area contributed by atoms with Gasteiger partial charge in [0.2, 0.25) is 0 Å². The number of allylic oxidation sites excluding steroid dienone is 2. The van der Waals surface area contributed by atoms with Crippen molar-refractivity contribution in [3.8, 4) is 0 Å². The first kappa shape index (κ1) is 31.2. The number of piperazine rings is 1. The number of nitrogens with zero attached hydrogens (tertiary/aromatic N) is 5. The fourth-order valence-corrected chi connectivity index (χ4v) is 7.86. The van der Waals surface area contributed by atoms with Crippen LogP contribution in [-0.4, -0.2) is 51.9 Å². The lowest BCUT2D eigenvalue weighted by atomic mass is 9.84. The first-order valence-electron chi connectivity index (χ1n) is 16.8. The van der Waals surface area contributed by atoms with Crippen LogP contribution in [0.15, 0.2) is 128 Å². The topological polar surface area (TPSA) is 80.4 Å². The third-order valence-corrected chi connectivity index (χ3v) is 10.3. The van der Waals surface area contributed by atoms with E-state index < -0.39 is 0 Å². The van der Waals surface area contributed by atoms with Crippen LogP contribution in [-0.2, 0) is 0 Å². The highest BCUT2D eigenvalue weighted by molar-refractivity contribution is 6.32. The maximum Gasteiger partial charge on any atom is 0.272 e. The number of fused-ring (bicyclic) bond motifs is 2. The van der Waals surface area contributed by atoms with Gasteiger partial charge in [0.1, 0.15) is 5.69 Å². The number of hydrogen-bond acceptors (Lipinski definition) is 6. The molecule has 3 aromatic carbocycles. The molecule has 51 heavy (non-hydrogen) atoms. The fraction of sp³-hybridized carbons (Fsp3) is 0.122. The van der Waals surface area contributed by atoms with Gasteiger partial charge in [-0.3, -0.25) is 9.78 Å². The van der Waals surface area contributed by atoms with Crippen LogP contribution in [0.3, 0.4) is 0 Å². The van der Waals surface area contributed by atoms with Gasteiger partial charge in [0.15, 0.2) is 5.82 Å². The summed E-state index contributed by atoms with van der Waals surface area (Å²) in [6.07, 6.45) is 9.39. The van der Waals surface area contributed by atoms with Crippen LogP contribution in [0.4, 0.5) is 17.2 Å². The van der Waals surface area contributed by atoms with Gasteiger partial charge in [-0.25, -0.2) is 4.98 Å². The van der Waals surface area contributed by atoms with Crippen LogP contribution in [0.5, 0.6) is 0 Å². The van der Waals surface area contributed by atoms with Crippen molar-refractivity contribution in [1.29, 1.82) is 0 Å². The second kappa shape index (κ2) is 12.8. The number of rotatable bonds is 6. The lowest BCUT2D eigenvalue weighted by Gasteiger charge is -2.39. The number of aromatic nitrogens is 3. The SMILES string of the molecule is O=C(Nc1cccnc1N1CCN(c2cccnc2)CC1)c1[nH]c2cc(Cl)cc3c2c1C1=C(c2ccccc2)C=C=CN1C3c1ccc(Cl)cc1. The number of benzene rings is 3. The van der Waals surface area contributed by atoms with Gasteiger partial charge in [-0.05, 0) is 71.3 Å². The summed E-state index contributed by atoms with van der Waals surface area (Å²) < 4.78 is 0. The number of halogens is 2. The molecule has 0 aliphatic carbocycles. The molecule has 1 atom stereocenters. The number of aromatic amines is 1. The molecule has 6 aromatic rings. The van der Waals surface area contributed by atoms with Gasteiger partial charge in [-0.15, -0.1) is 5.73 Å². The van der Waals surface area contributed by atoms with E-state index in [1.54, 1.807) is 12.4 Å². The zero-order valence-electron chi connectivity index (χ0n) is 27.4. The molecule has 0 spiro atoms. The van der Waals surface area contributed by atoms with E-state index >= 15 is 0 Å². The molecule has 0 saturated carbocycles. The standard InChI is InChI=1S/C41H31Cl2N7O/c42-28-14-12-27(13-15-28)38-32-23-29(43)24-34-35(32)36(39-31(10-6-18-50(38)39)26-7-2-1-3-8-26)37(46-34)41(51)47-33-11-5-17-45-40(33)49-21-19-48(20-22-49)30-9-4-16-44-25-30/h1-5,7-18,23-25,38,46H,19-22H2,(H,47,51). The number of anilines is 3. The average molecular weight is 709 g/mol. The fourth-order valence-electron chi connectivity index (χ4n) is 7.51. The van der Waals surface area contributed by atoms with Gasteiger partial charge in [0, 0.05) is 76.9 Å². The van der Waals surface area contributed by atoms with Crippen molar-refractivity contribution in [2.24, 2.45) is 0 Å². The van der Waals surface area contributed by atoms with E-state index in [1.807, 2.05) is 91.3 Å². The van der Waals surface area contributed by atoms with Gasteiger partial charge in [0.05, 0.1) is 29.3 Å². The average Bonchev–Trinajstić information content (AvgIpc) is 3.56. The first-order chi connectivity index (χ1) is 25.0. The van der Waals surface area contributed by atoms with Crippen molar-refractivity contribution < 1.29 is 4.79 Å². The quantitative estimate of drug-likeness (QED) is 0.169. The number of H-pyrrole nitrogens is 1. The second-order valence-electron chi connectivity index (χ2n) is 12.7. The normalized spacial score (nSPS) is 16.5. The molecule has 1 fully saturated rings. The van der Waals surface area contributed by atoms with Gasteiger partial charge in [0.25, 0.3) is 5.91 Å². The van der Waals surface area contributed by atoms with Crippen molar-refractivity contribution >= 4 is 68.5 Å². The Balaban J connectivity index is 1.15. The highest BCUT2D eigenvalue weighted by Gasteiger charge is 2.39. The van der Waals surface area contributed by atoms with Crippen molar-refractivity contribution in [2.45, 2.75) is 6.04 Å². The van der Waals surface area contributed by atoms with Crippen molar-refractivity contribution in [2.75, 3.05) is 41.3 Å². The van der Waals surface area contributed by atoms with E-state index in [4.69, 9.17) is 28.2 Å². The molecule has 1 amide bonds. The summed E-state index contributed by atoms with van der Waals surface area (Å²) in [7, 11) is 0. The summed E-state index contributed by atoms with van der Waals surface area (Å²) in [5.41, 5.74) is 12.1. The zero-order valence-corrected chi connectivity index (χ0v) is 28.9. The number of amides is 1. The first-order valence-corrected chi connectivity index (χ1v) is 17.6. The third-order valence-electron chi connectivity index (χ3n) is 9.78. The minimum absolute atomic E-state index is 0.243. The maximum absolute atomic E-state index is 14.6. The largest absolute Gasteiger partial charge is 0.367 e. The second-order valence-corrected chi connectivity index (χ2v) is 13.6. The Morgan fingerprint density at radius 1 is 0.863 bits per heavy atom. The van der Waals surface area contributed by atoms with Crippen molar-refractivity contribution in [3.63, 3.8) is 0 Å². The summed E-state index contributed by atoms with van der Waals surface area (Å²) in [5, 5.41) is 5.42. The highest BCUT2D eigenvalue weighted by Crippen LogP contribution is 2.51. The van der Waals surface area contributed by atoms with Gasteiger partial charge in [-0.2, -0.15) is 0 Å². The molecule has 0 radical (unpaired) electrons. The number of nitrogens with one attached hydrogen (secondary N) is 2. The molecular weight excluding hydrogens is 677 g/mol. The molecule has 6 heterocycles. The molecule has 9 rings (SSSR count). The van der Waals surface area contributed by atoms with Gasteiger partial charge >= 0.3 is 0 Å². The third kappa shape index (κ3) is 5.54. The van der Waals surface area contributed by atoms with Crippen molar-refractivity contribution in [1.82, 2.24) is 19.9 Å². The number of carbonyl (C=O) groups excluding carboxylic acids is 1. The number of hydrogen-bond donors (Lipinski definition) is 2. The highest BCUT2D eigenvalue weighted by atomic mass is 35.5. The predicted molar refractivity (Wildman–Crippen MR) is 205 cm³/mol. The minimum Gasteiger partial charge on any atom is -0.367 e. The molecule has 250 valence electrons. The molecule has 0 bridgehead atoms. The lowest BCUT2D eigenvalue weighted by molar-refractivity contribution is 0.102. The Kier molecular flexibility index (Phi) is 7.85. The van der Waals surface area contributed by atoms with Crippen LogP contribution in [0.2, 0.25) is 10.0 Å². The smallest absolute Gasteiger partial charge is 0.272 e. The van der Waals surface area contributed by atoms with E-state index in [0.29, 0.717) is 21.4 Å². The van der Waals surface area contributed by atoms with E-state index in [-0.39, 0.29) is 11.9 Å². The Bertz CT molecular complexity index is 2390. The van der Waals surface area contributed by atoms with Crippen LogP contribution in [0, 0.1) is 0 Å². The van der Waals surface area contributed by atoms with E-state index in [9.17, 15) is 4.79 Å². The van der Waals surface area contributed by atoms with Gasteiger partial charge in [-0.1, -0.05) is 65.7 Å². The zero-order chi connectivity index (χ0) is 34.5. The monoisotopic (exact) mass is 707 g/mol. The summed E-state index contributed by atoms with van der Waals surface area (Å²) in [6, 6.07) is 29.5. The Morgan fingerprint density at radius 3 is 2.43 bits per heavy atom. The summed E-state index contributed by atoms with van der Waals surface area (Å²) in [6.45, 7) is 3.13. The van der Waals surface area contributed by atoms with Crippen LogP contribution < -0.4 is 15.1 Å². The molecule has 8 nitrogen and oxygen atoms in total. The molecule has 1 unspecified atom stereocenters. The summed E-state index contributed by atoms with van der Waals surface area (Å²) in [4.78, 5) is 33.9. The predicted octanol–water partition coefficient (Wildman–Crippen LogP) is 8.80. The summed E-state index contributed by atoms with van der Waals surface area (Å²) >= 11 is 13.2. The molecule has 2 N–H and O–H groups in total. The molecule has 10 heteroatoms. The Morgan fingerprint density at radius 2 is 1.65 bits per heavy atom. The van der Waals surface area contributed by atoms with Crippen molar-refractivity contribution in [3.05, 3.63) is 166 Å². The molecule has 3 aliphatic heterocycles.